The summed E-state index contributed by atoms with van der Waals surface area (Å²) in [5.41, 5.74) is 0.518. The maximum absolute atomic E-state index is 10.3. The summed E-state index contributed by atoms with van der Waals surface area (Å²) < 4.78 is 4.96. The lowest BCUT2D eigenvalue weighted by Crippen LogP contribution is -2.45. The summed E-state index contributed by atoms with van der Waals surface area (Å²) in [6.07, 6.45) is -6.35. The first-order chi connectivity index (χ1) is 9.90. The van der Waals surface area contributed by atoms with Crippen LogP contribution in [0.1, 0.15) is 5.56 Å². The van der Waals surface area contributed by atoms with Gasteiger partial charge in [0.2, 0.25) is 0 Å². The lowest BCUT2D eigenvalue weighted by molar-refractivity contribution is -0.132. The highest BCUT2D eigenvalue weighted by atomic mass is 16.5. The summed E-state index contributed by atoms with van der Waals surface area (Å²) in [4.78, 5) is 10.3. The van der Waals surface area contributed by atoms with Crippen molar-refractivity contribution in [3.05, 3.63) is 35.6 Å². The van der Waals surface area contributed by atoms with Crippen LogP contribution in [0.2, 0.25) is 0 Å². The van der Waals surface area contributed by atoms with E-state index in [0.717, 1.165) is 0 Å². The molecule has 0 saturated heterocycles. The maximum Gasteiger partial charge on any atom is 0.151 e. The third-order valence-corrected chi connectivity index (χ3v) is 2.90. The number of aliphatic hydroxyl groups is 5. The van der Waals surface area contributed by atoms with Crippen LogP contribution in [0.3, 0.4) is 0 Å². The highest BCUT2D eigenvalue weighted by Gasteiger charge is 2.32. The number of methoxy groups -OCH3 is 1. The molecular weight excluding hydrogens is 280 g/mol. The molecule has 116 valence electrons. The van der Waals surface area contributed by atoms with Gasteiger partial charge in [0.25, 0.3) is 0 Å². The van der Waals surface area contributed by atoms with E-state index in [2.05, 4.69) is 0 Å². The fraction of sp³-hybridized carbons (Fsp3) is 0.357. The number of ether oxygens (including phenoxy) is 1. The van der Waals surface area contributed by atoms with Crippen LogP contribution in [-0.4, -0.2) is 63.3 Å². The van der Waals surface area contributed by atoms with Crippen LogP contribution in [0, 0.1) is 0 Å². The van der Waals surface area contributed by atoms with Crippen molar-refractivity contribution >= 4 is 12.4 Å². The molecule has 5 N–H and O–H groups in total. The SMILES string of the molecule is COc1ccc(C=C(O)[C@@H](O)[C@@H](O)[C@H](O)[C@@H](O)C=O)cc1. The number of carbonyl (C=O) groups excluding carboxylic acids is 1. The molecule has 1 rings (SSSR count). The van der Waals surface area contributed by atoms with Gasteiger partial charge in [-0.3, -0.25) is 0 Å². The second-order valence-electron chi connectivity index (χ2n) is 4.40. The van der Waals surface area contributed by atoms with Gasteiger partial charge in [0.05, 0.1) is 7.11 Å². The van der Waals surface area contributed by atoms with E-state index in [1.807, 2.05) is 0 Å². The van der Waals surface area contributed by atoms with Crippen molar-refractivity contribution in [3.63, 3.8) is 0 Å². The van der Waals surface area contributed by atoms with Crippen LogP contribution in [0.25, 0.3) is 6.08 Å². The third-order valence-electron chi connectivity index (χ3n) is 2.90. The molecule has 0 saturated carbocycles. The molecule has 7 nitrogen and oxygen atoms in total. The zero-order valence-corrected chi connectivity index (χ0v) is 11.3. The zero-order chi connectivity index (χ0) is 16.0. The van der Waals surface area contributed by atoms with Gasteiger partial charge >= 0.3 is 0 Å². The molecule has 0 aliphatic heterocycles. The molecule has 7 heteroatoms. The van der Waals surface area contributed by atoms with Gasteiger partial charge < -0.3 is 35.1 Å². The monoisotopic (exact) mass is 298 g/mol. The van der Waals surface area contributed by atoms with Gasteiger partial charge in [-0.05, 0) is 23.8 Å². The predicted octanol–water partition coefficient (Wildman–Crippen LogP) is -0.763. The summed E-state index contributed by atoms with van der Waals surface area (Å²) in [6, 6.07) is 6.47. The normalized spacial score (nSPS) is 17.7. The Morgan fingerprint density at radius 3 is 2.14 bits per heavy atom. The minimum atomic E-state index is -1.92. The second-order valence-corrected chi connectivity index (χ2v) is 4.40. The summed E-state index contributed by atoms with van der Waals surface area (Å²) in [5, 5.41) is 47.4. The van der Waals surface area contributed by atoms with E-state index in [1.165, 1.54) is 13.2 Å². The number of carbonyl (C=O) groups is 1. The average molecular weight is 298 g/mol. The zero-order valence-electron chi connectivity index (χ0n) is 11.3. The molecular formula is C14H18O7. The van der Waals surface area contributed by atoms with Crippen LogP contribution in [0.4, 0.5) is 0 Å². The predicted molar refractivity (Wildman–Crippen MR) is 73.7 cm³/mol. The summed E-state index contributed by atoms with van der Waals surface area (Å²) in [6.45, 7) is 0. The Morgan fingerprint density at radius 2 is 1.67 bits per heavy atom. The van der Waals surface area contributed by atoms with Crippen molar-refractivity contribution in [1.29, 1.82) is 0 Å². The Balaban J connectivity index is 2.82. The van der Waals surface area contributed by atoms with Crippen molar-refractivity contribution in [2.75, 3.05) is 7.11 Å². The maximum atomic E-state index is 10.3. The number of hydrogen-bond donors (Lipinski definition) is 5. The van der Waals surface area contributed by atoms with Crippen LogP contribution >= 0.6 is 0 Å². The standard InChI is InChI=1S/C14H18O7/c1-21-9-4-2-8(3-5-9)6-10(16)12(18)14(20)13(19)11(17)7-15/h2-7,11-14,16-20H,1H3/t11-,12+,13+,14+/m0/s1. The van der Waals surface area contributed by atoms with E-state index in [1.54, 1.807) is 24.3 Å². The lowest BCUT2D eigenvalue weighted by atomic mass is 10.0. The molecule has 0 heterocycles. The molecule has 0 aromatic heterocycles. The van der Waals surface area contributed by atoms with Crippen LogP contribution in [0.15, 0.2) is 30.0 Å². The molecule has 0 aliphatic rings. The van der Waals surface area contributed by atoms with Crippen molar-refractivity contribution in [2.45, 2.75) is 24.4 Å². The Bertz CT molecular complexity index is 483. The first-order valence-electron chi connectivity index (χ1n) is 6.13. The van der Waals surface area contributed by atoms with Gasteiger partial charge in [0.1, 0.15) is 35.9 Å². The minimum Gasteiger partial charge on any atom is -0.509 e. The number of benzene rings is 1. The van der Waals surface area contributed by atoms with Crippen LogP contribution < -0.4 is 4.74 Å². The largest absolute Gasteiger partial charge is 0.509 e. The first-order valence-corrected chi connectivity index (χ1v) is 6.13. The molecule has 0 amide bonds. The van der Waals surface area contributed by atoms with Crippen molar-refractivity contribution in [1.82, 2.24) is 0 Å². The summed E-state index contributed by atoms with van der Waals surface area (Å²) in [7, 11) is 1.50. The van der Waals surface area contributed by atoms with Gasteiger partial charge in [-0.2, -0.15) is 0 Å². The van der Waals surface area contributed by atoms with Crippen molar-refractivity contribution in [2.24, 2.45) is 0 Å². The topological polar surface area (TPSA) is 127 Å². The van der Waals surface area contributed by atoms with E-state index >= 15 is 0 Å². The van der Waals surface area contributed by atoms with E-state index in [9.17, 15) is 25.2 Å². The smallest absolute Gasteiger partial charge is 0.151 e. The molecule has 0 radical (unpaired) electrons. The molecule has 0 aliphatic carbocycles. The summed E-state index contributed by atoms with van der Waals surface area (Å²) in [5.74, 6) is -0.0124. The molecule has 0 unspecified atom stereocenters. The Morgan fingerprint density at radius 1 is 1.10 bits per heavy atom. The first kappa shape index (κ1) is 17.1. The van der Waals surface area contributed by atoms with E-state index in [-0.39, 0.29) is 6.29 Å². The molecule has 0 bridgehead atoms. The highest BCUT2D eigenvalue weighted by Crippen LogP contribution is 2.16. The number of hydrogen-bond acceptors (Lipinski definition) is 7. The van der Waals surface area contributed by atoms with Crippen LogP contribution in [0.5, 0.6) is 5.75 Å². The van der Waals surface area contributed by atoms with E-state index in [0.29, 0.717) is 11.3 Å². The van der Waals surface area contributed by atoms with Gasteiger partial charge in [-0.1, -0.05) is 12.1 Å². The third kappa shape index (κ3) is 4.54. The quantitative estimate of drug-likeness (QED) is 0.330. The lowest BCUT2D eigenvalue weighted by Gasteiger charge is -2.23. The average Bonchev–Trinajstić information content (AvgIpc) is 2.52. The molecule has 0 spiro atoms. The van der Waals surface area contributed by atoms with Gasteiger partial charge in [0, 0.05) is 0 Å². The molecule has 1 aromatic carbocycles. The van der Waals surface area contributed by atoms with Gasteiger partial charge in [-0.25, -0.2) is 0 Å². The summed E-state index contributed by atoms with van der Waals surface area (Å²) >= 11 is 0. The molecule has 1 aromatic rings. The van der Waals surface area contributed by atoms with Gasteiger partial charge in [0.15, 0.2) is 6.29 Å². The molecule has 4 atom stereocenters. The fourth-order valence-electron chi connectivity index (χ4n) is 1.60. The molecule has 0 fully saturated rings. The Kier molecular flexibility index (Phi) is 6.32. The van der Waals surface area contributed by atoms with Crippen molar-refractivity contribution in [3.8, 4) is 5.75 Å². The van der Waals surface area contributed by atoms with Crippen molar-refractivity contribution < 1.29 is 35.1 Å². The number of rotatable bonds is 7. The Hall–Kier alpha value is -1.93. The van der Waals surface area contributed by atoms with E-state index < -0.39 is 30.2 Å². The molecule has 21 heavy (non-hydrogen) atoms. The van der Waals surface area contributed by atoms with E-state index in [4.69, 9.17) is 9.84 Å². The van der Waals surface area contributed by atoms with Crippen LogP contribution in [-0.2, 0) is 4.79 Å². The number of aldehydes is 1. The highest BCUT2D eigenvalue weighted by molar-refractivity contribution is 5.57. The minimum absolute atomic E-state index is 0.0187. The second kappa shape index (κ2) is 7.75. The van der Waals surface area contributed by atoms with Gasteiger partial charge in [-0.15, -0.1) is 0 Å². The Labute approximate surface area is 121 Å². The fourth-order valence-corrected chi connectivity index (χ4v) is 1.60. The number of aliphatic hydroxyl groups excluding tert-OH is 5.